The molecule has 3 aromatic rings. The molecule has 0 bridgehead atoms. The van der Waals surface area contributed by atoms with E-state index in [9.17, 15) is 14.0 Å². The fourth-order valence-electron chi connectivity index (χ4n) is 2.91. The zero-order valence-corrected chi connectivity index (χ0v) is 14.7. The van der Waals surface area contributed by atoms with Crippen molar-refractivity contribution in [1.82, 2.24) is 9.55 Å². The molecule has 25 heavy (non-hydrogen) atoms. The van der Waals surface area contributed by atoms with Gasteiger partial charge in [0, 0.05) is 16.9 Å². The fourth-order valence-corrected chi connectivity index (χ4v) is 3.97. The van der Waals surface area contributed by atoms with Crippen LogP contribution in [0.2, 0.25) is 0 Å². The van der Waals surface area contributed by atoms with Crippen LogP contribution in [0, 0.1) is 12.7 Å². The van der Waals surface area contributed by atoms with Gasteiger partial charge in [-0.15, -0.1) is 11.3 Å². The van der Waals surface area contributed by atoms with Gasteiger partial charge in [-0.25, -0.2) is 9.37 Å². The predicted molar refractivity (Wildman–Crippen MR) is 95.6 cm³/mol. The number of fused-ring (bicyclic) bond motifs is 1. The number of hydrogen-bond acceptors (Lipinski definition) is 4. The molecule has 0 radical (unpaired) electrons. The maximum Gasteiger partial charge on any atom is 0.323 e. The zero-order valence-electron chi connectivity index (χ0n) is 13.9. The minimum atomic E-state index is -1.09. The van der Waals surface area contributed by atoms with Crippen molar-refractivity contribution in [3.63, 3.8) is 0 Å². The van der Waals surface area contributed by atoms with Gasteiger partial charge in [-0.2, -0.15) is 0 Å². The summed E-state index contributed by atoms with van der Waals surface area (Å²) in [4.78, 5) is 30.2. The number of carboxylic acids is 1. The molecule has 3 rings (SSSR count). The number of aromatic nitrogens is 2. The van der Waals surface area contributed by atoms with Crippen LogP contribution in [-0.4, -0.2) is 20.6 Å². The molecule has 0 atom stereocenters. The Morgan fingerprint density at radius 3 is 2.60 bits per heavy atom. The van der Waals surface area contributed by atoms with Crippen molar-refractivity contribution in [3.05, 3.63) is 51.1 Å². The molecular formula is C18H17FN2O3S. The number of hydrogen-bond donors (Lipinski definition) is 1. The highest BCUT2D eigenvalue weighted by atomic mass is 32.1. The van der Waals surface area contributed by atoms with Crippen LogP contribution < -0.4 is 5.56 Å². The average Bonchev–Trinajstić information content (AvgIpc) is 2.88. The molecule has 0 unspecified atom stereocenters. The maximum absolute atomic E-state index is 13.2. The van der Waals surface area contributed by atoms with Crippen LogP contribution in [0.3, 0.4) is 0 Å². The van der Waals surface area contributed by atoms with E-state index in [2.05, 4.69) is 4.98 Å². The van der Waals surface area contributed by atoms with Gasteiger partial charge in [-0.1, -0.05) is 19.1 Å². The summed E-state index contributed by atoms with van der Waals surface area (Å²) in [5.41, 5.74) is 1.05. The SMILES string of the molecule is CCCc1nc2sc(C)c(-c3ccc(F)cc3)c2c(=O)n1CC(=O)O. The summed E-state index contributed by atoms with van der Waals surface area (Å²) < 4.78 is 14.5. The Hall–Kier alpha value is -2.54. The van der Waals surface area contributed by atoms with Crippen molar-refractivity contribution in [1.29, 1.82) is 0 Å². The van der Waals surface area contributed by atoms with E-state index in [1.807, 2.05) is 13.8 Å². The van der Waals surface area contributed by atoms with E-state index in [-0.39, 0.29) is 11.4 Å². The number of carboxylic acid groups (broad SMARTS) is 1. The van der Waals surface area contributed by atoms with Crippen molar-refractivity contribution < 1.29 is 14.3 Å². The summed E-state index contributed by atoms with van der Waals surface area (Å²) in [6.45, 7) is 3.41. The smallest absolute Gasteiger partial charge is 0.323 e. The Labute approximate surface area is 147 Å². The second kappa shape index (κ2) is 6.76. The van der Waals surface area contributed by atoms with Crippen LogP contribution in [-0.2, 0) is 17.8 Å². The topological polar surface area (TPSA) is 72.2 Å². The number of halogens is 1. The van der Waals surface area contributed by atoms with E-state index in [0.717, 1.165) is 11.3 Å². The van der Waals surface area contributed by atoms with Gasteiger partial charge in [0.1, 0.15) is 23.0 Å². The van der Waals surface area contributed by atoms with Crippen molar-refractivity contribution in [2.24, 2.45) is 0 Å². The van der Waals surface area contributed by atoms with Gasteiger partial charge < -0.3 is 5.11 Å². The third-order valence-electron chi connectivity index (χ3n) is 3.97. The van der Waals surface area contributed by atoms with E-state index in [0.29, 0.717) is 33.6 Å². The minimum absolute atomic E-state index is 0.354. The fraction of sp³-hybridized carbons (Fsp3) is 0.278. The molecular weight excluding hydrogens is 343 g/mol. The van der Waals surface area contributed by atoms with Crippen LogP contribution in [0.5, 0.6) is 0 Å². The summed E-state index contributed by atoms with van der Waals surface area (Å²) >= 11 is 1.39. The number of aliphatic carboxylic acids is 1. The van der Waals surface area contributed by atoms with Crippen LogP contribution in [0.15, 0.2) is 29.1 Å². The first kappa shape index (κ1) is 17.3. The Morgan fingerprint density at radius 1 is 1.32 bits per heavy atom. The molecule has 5 nitrogen and oxygen atoms in total. The van der Waals surface area contributed by atoms with E-state index >= 15 is 0 Å². The molecule has 7 heteroatoms. The highest BCUT2D eigenvalue weighted by molar-refractivity contribution is 7.19. The molecule has 1 N–H and O–H groups in total. The molecule has 0 saturated heterocycles. The standard InChI is InChI=1S/C18H17FN2O3S/c1-3-4-13-20-17-16(18(24)21(13)9-14(22)23)15(10(2)25-17)11-5-7-12(19)8-6-11/h5-8H,3-4,9H2,1-2H3,(H,22,23). The van der Waals surface area contributed by atoms with Gasteiger partial charge in [0.25, 0.3) is 5.56 Å². The normalized spacial score (nSPS) is 11.2. The molecule has 0 aliphatic rings. The summed E-state index contributed by atoms with van der Waals surface area (Å²) in [5.74, 6) is -0.960. The van der Waals surface area contributed by atoms with Gasteiger partial charge >= 0.3 is 5.97 Å². The third-order valence-corrected chi connectivity index (χ3v) is 4.97. The van der Waals surface area contributed by atoms with Crippen molar-refractivity contribution in [2.45, 2.75) is 33.2 Å². The second-order valence-electron chi connectivity index (χ2n) is 5.78. The van der Waals surface area contributed by atoms with Crippen molar-refractivity contribution in [3.8, 4) is 11.1 Å². The highest BCUT2D eigenvalue weighted by Crippen LogP contribution is 2.35. The highest BCUT2D eigenvalue weighted by Gasteiger charge is 2.20. The average molecular weight is 360 g/mol. The predicted octanol–water partition coefficient (Wildman–Crippen LogP) is 3.61. The first-order valence-corrected chi connectivity index (χ1v) is 8.74. The van der Waals surface area contributed by atoms with Crippen LogP contribution in [0.1, 0.15) is 24.0 Å². The van der Waals surface area contributed by atoms with Crippen molar-refractivity contribution in [2.75, 3.05) is 0 Å². The Morgan fingerprint density at radius 2 is 2.00 bits per heavy atom. The van der Waals surface area contributed by atoms with Crippen LogP contribution in [0.4, 0.5) is 4.39 Å². The van der Waals surface area contributed by atoms with E-state index in [4.69, 9.17) is 5.11 Å². The number of benzene rings is 1. The first-order chi connectivity index (χ1) is 11.9. The van der Waals surface area contributed by atoms with Gasteiger partial charge in [0.15, 0.2) is 0 Å². The Kier molecular flexibility index (Phi) is 4.67. The summed E-state index contributed by atoms with van der Waals surface area (Å²) in [5, 5.41) is 9.55. The van der Waals surface area contributed by atoms with E-state index < -0.39 is 12.5 Å². The van der Waals surface area contributed by atoms with Crippen LogP contribution in [0.25, 0.3) is 21.3 Å². The van der Waals surface area contributed by atoms with Crippen LogP contribution >= 0.6 is 11.3 Å². The van der Waals surface area contributed by atoms with Crippen molar-refractivity contribution >= 4 is 27.5 Å². The lowest BCUT2D eigenvalue weighted by molar-refractivity contribution is -0.137. The van der Waals surface area contributed by atoms with Gasteiger partial charge in [0.2, 0.25) is 0 Å². The maximum atomic E-state index is 13.2. The van der Waals surface area contributed by atoms with Gasteiger partial charge in [-0.3, -0.25) is 14.2 Å². The lowest BCUT2D eigenvalue weighted by atomic mass is 10.0. The van der Waals surface area contributed by atoms with E-state index in [1.54, 1.807) is 12.1 Å². The molecule has 0 aliphatic carbocycles. The summed E-state index contributed by atoms with van der Waals surface area (Å²) in [7, 11) is 0. The molecule has 2 heterocycles. The number of aryl methyl sites for hydroxylation is 2. The number of thiophene rings is 1. The number of carbonyl (C=O) groups is 1. The largest absolute Gasteiger partial charge is 0.480 e. The molecule has 1 aromatic carbocycles. The second-order valence-corrected chi connectivity index (χ2v) is 6.99. The number of rotatable bonds is 5. The molecule has 0 spiro atoms. The minimum Gasteiger partial charge on any atom is -0.480 e. The Balaban J connectivity index is 2.33. The molecule has 2 aromatic heterocycles. The molecule has 130 valence electrons. The molecule has 0 aliphatic heterocycles. The third kappa shape index (κ3) is 3.19. The monoisotopic (exact) mass is 360 g/mol. The zero-order chi connectivity index (χ0) is 18.1. The molecule has 0 amide bonds. The molecule has 0 fully saturated rings. The summed E-state index contributed by atoms with van der Waals surface area (Å²) in [6, 6.07) is 5.91. The van der Waals surface area contributed by atoms with Gasteiger partial charge in [-0.05, 0) is 31.0 Å². The summed E-state index contributed by atoms with van der Waals surface area (Å²) in [6.07, 6.45) is 1.29. The van der Waals surface area contributed by atoms with E-state index in [1.165, 1.54) is 28.0 Å². The lowest BCUT2D eigenvalue weighted by Gasteiger charge is -2.10. The Bertz CT molecular complexity index is 1010. The number of nitrogens with zero attached hydrogens (tertiary/aromatic N) is 2. The first-order valence-electron chi connectivity index (χ1n) is 7.93. The van der Waals surface area contributed by atoms with Gasteiger partial charge in [0.05, 0.1) is 5.39 Å². The molecule has 0 saturated carbocycles. The lowest BCUT2D eigenvalue weighted by Crippen LogP contribution is -2.28. The quantitative estimate of drug-likeness (QED) is 0.754.